The minimum absolute atomic E-state index is 0.107. The summed E-state index contributed by atoms with van der Waals surface area (Å²) >= 11 is 0. The maximum absolute atomic E-state index is 8.74. The van der Waals surface area contributed by atoms with E-state index < -0.39 is 0 Å². The summed E-state index contributed by atoms with van der Waals surface area (Å²) < 4.78 is 1.78. The van der Waals surface area contributed by atoms with Gasteiger partial charge in [0.2, 0.25) is 0 Å². The van der Waals surface area contributed by atoms with Gasteiger partial charge in [0, 0.05) is 17.8 Å². The zero-order chi connectivity index (χ0) is 19.5. The van der Waals surface area contributed by atoms with Crippen LogP contribution in [0.3, 0.4) is 0 Å². The van der Waals surface area contributed by atoms with Crippen LogP contribution in [0.15, 0.2) is 54.9 Å². The predicted octanol–water partition coefficient (Wildman–Crippen LogP) is 2.48. The molecule has 1 aromatic carbocycles. The number of nitriles is 1. The van der Waals surface area contributed by atoms with Crippen molar-refractivity contribution in [2.45, 2.75) is 13.5 Å². The van der Waals surface area contributed by atoms with Gasteiger partial charge >= 0.3 is 0 Å². The molecule has 0 aliphatic heterocycles. The Morgan fingerprint density at radius 1 is 1.25 bits per heavy atom. The van der Waals surface area contributed by atoms with Crippen LogP contribution in [-0.2, 0) is 6.54 Å². The van der Waals surface area contributed by atoms with Gasteiger partial charge in [0.25, 0.3) is 0 Å². The lowest BCUT2D eigenvalue weighted by Gasteiger charge is -2.10. The lowest BCUT2D eigenvalue weighted by atomic mass is 10.1. The maximum atomic E-state index is 8.74. The van der Waals surface area contributed by atoms with E-state index in [9.17, 15) is 0 Å². The van der Waals surface area contributed by atoms with E-state index in [0.29, 0.717) is 12.2 Å². The van der Waals surface area contributed by atoms with Gasteiger partial charge in [0.15, 0.2) is 5.65 Å². The lowest BCUT2D eigenvalue weighted by Crippen LogP contribution is -2.25. The summed E-state index contributed by atoms with van der Waals surface area (Å²) in [5.74, 6) is 5.76. The Morgan fingerprint density at radius 3 is 2.96 bits per heavy atom. The summed E-state index contributed by atoms with van der Waals surface area (Å²) in [5.41, 5.74) is 5.07. The summed E-state index contributed by atoms with van der Waals surface area (Å²) in [6.45, 7) is 2.56. The van der Waals surface area contributed by atoms with Gasteiger partial charge in [-0.25, -0.2) is 15.5 Å². The number of nitrogens with zero attached hydrogens (tertiary/aromatic N) is 7. The SMILES string of the molecule is CC(=CN(N)CC#N)c1ccc2nnn(Cc3ccc4ncccc4c3)c2n1. The molecule has 4 rings (SSSR count). The van der Waals surface area contributed by atoms with E-state index in [-0.39, 0.29) is 6.54 Å². The Hall–Kier alpha value is -3.83. The van der Waals surface area contributed by atoms with Gasteiger partial charge in [-0.3, -0.25) is 4.98 Å². The van der Waals surface area contributed by atoms with E-state index >= 15 is 0 Å². The smallest absolute Gasteiger partial charge is 0.179 e. The van der Waals surface area contributed by atoms with Crippen molar-refractivity contribution < 1.29 is 0 Å². The highest BCUT2D eigenvalue weighted by Gasteiger charge is 2.10. The number of nitrogens with two attached hydrogens (primary N) is 1. The summed E-state index contributed by atoms with van der Waals surface area (Å²) in [7, 11) is 0. The quantitative estimate of drug-likeness (QED) is 0.326. The van der Waals surface area contributed by atoms with Crippen molar-refractivity contribution in [3.05, 3.63) is 66.1 Å². The molecule has 0 atom stereocenters. The van der Waals surface area contributed by atoms with Gasteiger partial charge in [-0.15, -0.1) is 5.10 Å². The molecule has 28 heavy (non-hydrogen) atoms. The topological polar surface area (TPSA) is 110 Å². The molecule has 2 N–H and O–H groups in total. The van der Waals surface area contributed by atoms with Crippen molar-refractivity contribution in [3.63, 3.8) is 0 Å². The molecule has 0 radical (unpaired) electrons. The summed E-state index contributed by atoms with van der Waals surface area (Å²) in [6.07, 6.45) is 3.48. The van der Waals surface area contributed by atoms with Crippen LogP contribution >= 0.6 is 0 Å². The number of benzene rings is 1. The fourth-order valence-corrected chi connectivity index (χ4v) is 3.02. The Morgan fingerprint density at radius 2 is 2.11 bits per heavy atom. The first-order valence-electron chi connectivity index (χ1n) is 8.75. The Labute approximate surface area is 161 Å². The highest BCUT2D eigenvalue weighted by molar-refractivity contribution is 5.79. The molecule has 0 aliphatic rings. The average molecular weight is 370 g/mol. The molecular formula is C20H18N8. The van der Waals surface area contributed by atoms with E-state index in [0.717, 1.165) is 33.3 Å². The normalized spacial score (nSPS) is 11.7. The third kappa shape index (κ3) is 3.51. The minimum Gasteiger partial charge on any atom is -0.304 e. The largest absolute Gasteiger partial charge is 0.304 e. The molecule has 0 bridgehead atoms. The van der Waals surface area contributed by atoms with E-state index in [1.807, 2.05) is 49.4 Å². The van der Waals surface area contributed by atoms with E-state index in [4.69, 9.17) is 16.1 Å². The van der Waals surface area contributed by atoms with Crippen LogP contribution in [-0.4, -0.2) is 36.5 Å². The molecule has 8 nitrogen and oxygen atoms in total. The first-order valence-corrected chi connectivity index (χ1v) is 8.75. The fraction of sp³-hybridized carbons (Fsp3) is 0.150. The van der Waals surface area contributed by atoms with Crippen LogP contribution < -0.4 is 5.84 Å². The summed E-state index contributed by atoms with van der Waals surface area (Å²) in [6, 6.07) is 15.9. The number of rotatable bonds is 5. The summed E-state index contributed by atoms with van der Waals surface area (Å²) in [4.78, 5) is 9.05. The number of hydrogen-bond acceptors (Lipinski definition) is 7. The molecule has 3 aromatic heterocycles. The molecule has 3 heterocycles. The van der Waals surface area contributed by atoms with Crippen LogP contribution in [0, 0.1) is 11.3 Å². The molecule has 4 aromatic rings. The van der Waals surface area contributed by atoms with Crippen molar-refractivity contribution in [2.24, 2.45) is 5.84 Å². The van der Waals surface area contributed by atoms with E-state index in [2.05, 4.69) is 21.4 Å². The molecule has 0 fully saturated rings. The molecule has 8 heteroatoms. The van der Waals surface area contributed by atoms with Crippen molar-refractivity contribution in [1.82, 2.24) is 30.0 Å². The van der Waals surface area contributed by atoms with Crippen LogP contribution in [0.1, 0.15) is 18.2 Å². The standard InChI is InChI=1S/C20H18N8/c1-14(12-27(22)10-8-21)17-6-7-19-20(24-17)28(26-25-19)13-15-4-5-18-16(11-15)3-2-9-23-18/h2-7,9,11-12H,10,13,22H2,1H3. The van der Waals surface area contributed by atoms with Gasteiger partial charge in [0.1, 0.15) is 12.1 Å². The van der Waals surface area contributed by atoms with Crippen molar-refractivity contribution >= 4 is 27.6 Å². The zero-order valence-electron chi connectivity index (χ0n) is 15.3. The average Bonchev–Trinajstić information content (AvgIpc) is 3.10. The van der Waals surface area contributed by atoms with Gasteiger partial charge in [0.05, 0.1) is 23.8 Å². The lowest BCUT2D eigenvalue weighted by molar-refractivity contribution is 0.444. The number of pyridine rings is 2. The van der Waals surface area contributed by atoms with Gasteiger partial charge < -0.3 is 5.01 Å². The third-order valence-electron chi connectivity index (χ3n) is 4.38. The van der Waals surface area contributed by atoms with Crippen LogP contribution in [0.25, 0.3) is 27.6 Å². The number of aromatic nitrogens is 5. The molecule has 0 saturated carbocycles. The van der Waals surface area contributed by atoms with Gasteiger partial charge in [-0.1, -0.05) is 17.3 Å². The molecule has 0 aliphatic carbocycles. The minimum atomic E-state index is 0.107. The second kappa shape index (κ2) is 7.42. The van der Waals surface area contributed by atoms with Crippen LogP contribution in [0.4, 0.5) is 0 Å². The second-order valence-corrected chi connectivity index (χ2v) is 6.46. The predicted molar refractivity (Wildman–Crippen MR) is 106 cm³/mol. The number of hydrazine groups is 1. The first kappa shape index (κ1) is 17.6. The molecule has 0 unspecified atom stereocenters. The third-order valence-corrected chi connectivity index (χ3v) is 4.38. The van der Waals surface area contributed by atoms with Crippen LogP contribution in [0.2, 0.25) is 0 Å². The zero-order valence-corrected chi connectivity index (χ0v) is 15.3. The Bertz CT molecular complexity index is 1220. The molecule has 0 amide bonds. The molecule has 0 saturated heterocycles. The molecule has 0 spiro atoms. The Balaban J connectivity index is 1.66. The monoisotopic (exact) mass is 370 g/mol. The number of hydrogen-bond donors (Lipinski definition) is 1. The molecular weight excluding hydrogens is 352 g/mol. The van der Waals surface area contributed by atoms with E-state index in [1.165, 1.54) is 5.01 Å². The van der Waals surface area contributed by atoms with Crippen molar-refractivity contribution in [2.75, 3.05) is 6.54 Å². The van der Waals surface area contributed by atoms with Gasteiger partial charge in [-0.2, -0.15) is 5.26 Å². The highest BCUT2D eigenvalue weighted by Crippen LogP contribution is 2.18. The first-order chi connectivity index (χ1) is 13.6. The second-order valence-electron chi connectivity index (χ2n) is 6.46. The highest BCUT2D eigenvalue weighted by atomic mass is 15.4. The summed E-state index contributed by atoms with van der Waals surface area (Å²) in [5, 5.41) is 19.6. The molecule has 138 valence electrons. The number of fused-ring (bicyclic) bond motifs is 2. The van der Waals surface area contributed by atoms with Crippen molar-refractivity contribution in [3.8, 4) is 6.07 Å². The Kier molecular flexibility index (Phi) is 4.66. The van der Waals surface area contributed by atoms with Crippen LogP contribution in [0.5, 0.6) is 0 Å². The van der Waals surface area contributed by atoms with E-state index in [1.54, 1.807) is 17.1 Å². The number of allylic oxidation sites excluding steroid dienone is 1. The van der Waals surface area contributed by atoms with Gasteiger partial charge in [-0.05, 0) is 48.4 Å². The van der Waals surface area contributed by atoms with Crippen molar-refractivity contribution in [1.29, 1.82) is 5.26 Å². The maximum Gasteiger partial charge on any atom is 0.179 e. The fourth-order valence-electron chi connectivity index (χ4n) is 3.02.